The first kappa shape index (κ1) is 8.26. The third-order valence-electron chi connectivity index (χ3n) is 1.79. The van der Waals surface area contributed by atoms with Gasteiger partial charge in [0.1, 0.15) is 0 Å². The van der Waals surface area contributed by atoms with Crippen molar-refractivity contribution in [3.63, 3.8) is 0 Å². The summed E-state index contributed by atoms with van der Waals surface area (Å²) < 4.78 is 0. The van der Waals surface area contributed by atoms with E-state index in [2.05, 4.69) is 9.88 Å². The van der Waals surface area contributed by atoms with Crippen molar-refractivity contribution < 1.29 is 15.0 Å². The van der Waals surface area contributed by atoms with Gasteiger partial charge < -0.3 is 0 Å². The molecule has 0 unspecified atom stereocenters. The molecule has 1 rings (SSSR count). The molecule has 1 aliphatic carbocycles. The molecule has 0 aromatic rings. The van der Waals surface area contributed by atoms with Crippen molar-refractivity contribution in [1.82, 2.24) is 0 Å². The maximum absolute atomic E-state index is 9.70. The van der Waals surface area contributed by atoms with Crippen LogP contribution in [0.5, 0.6) is 0 Å². The van der Waals surface area contributed by atoms with Gasteiger partial charge in [-0.2, -0.15) is 4.89 Å². The fourth-order valence-corrected chi connectivity index (χ4v) is 1.26. The lowest BCUT2D eigenvalue weighted by atomic mass is 9.98. The van der Waals surface area contributed by atoms with Crippen molar-refractivity contribution in [2.45, 2.75) is 38.2 Å². The molecule has 1 aliphatic rings. The molecule has 5 heteroatoms. The van der Waals surface area contributed by atoms with E-state index in [1.165, 1.54) is 6.42 Å². The van der Waals surface area contributed by atoms with Crippen molar-refractivity contribution >= 4 is 0 Å². The van der Waals surface area contributed by atoms with Gasteiger partial charge in [-0.15, -0.1) is 15.1 Å². The molecule has 0 saturated heterocycles. The van der Waals surface area contributed by atoms with Gasteiger partial charge in [0.25, 0.3) is 0 Å². The van der Waals surface area contributed by atoms with Crippen LogP contribution >= 0.6 is 0 Å². The molecule has 0 radical (unpaired) electrons. The highest BCUT2D eigenvalue weighted by Crippen LogP contribution is 2.20. The Morgan fingerprint density at radius 3 is 2.45 bits per heavy atom. The van der Waals surface area contributed by atoms with Crippen LogP contribution in [0.15, 0.2) is 0 Å². The molecule has 0 heterocycles. The van der Waals surface area contributed by atoms with Crippen LogP contribution in [0.4, 0.5) is 0 Å². The summed E-state index contributed by atoms with van der Waals surface area (Å²) in [6.45, 7) is 0. The van der Waals surface area contributed by atoms with Gasteiger partial charge in [0.15, 0.2) is 0 Å². The third kappa shape index (κ3) is 3.18. The Balaban J connectivity index is 2.09. The second-order valence-electron chi connectivity index (χ2n) is 2.65. The summed E-state index contributed by atoms with van der Waals surface area (Å²) in [6, 6.07) is 0. The summed E-state index contributed by atoms with van der Waals surface area (Å²) in [4.78, 5) is 18.0. The Labute approximate surface area is 64.3 Å². The van der Waals surface area contributed by atoms with Gasteiger partial charge in [0, 0.05) is 0 Å². The van der Waals surface area contributed by atoms with Crippen LogP contribution in [0.2, 0.25) is 0 Å². The molecule has 0 spiro atoms. The molecule has 1 saturated carbocycles. The van der Waals surface area contributed by atoms with E-state index < -0.39 is 5.09 Å². The predicted octanol–water partition coefficient (Wildman–Crippen LogP) is 1.46. The molecular weight excluding hydrogens is 150 g/mol. The maximum atomic E-state index is 9.70. The van der Waals surface area contributed by atoms with E-state index in [0.29, 0.717) is 0 Å². The smallest absolute Gasteiger partial charge is 0.195 e. The van der Waals surface area contributed by atoms with Crippen molar-refractivity contribution in [3.05, 3.63) is 10.1 Å². The molecule has 0 atom stereocenters. The van der Waals surface area contributed by atoms with Crippen molar-refractivity contribution in [2.75, 3.05) is 0 Å². The predicted molar refractivity (Wildman–Crippen MR) is 36.0 cm³/mol. The lowest BCUT2D eigenvalue weighted by molar-refractivity contribution is -0.855. The highest BCUT2D eigenvalue weighted by Gasteiger charge is 2.15. The summed E-state index contributed by atoms with van der Waals surface area (Å²) in [5.74, 6) is 0. The van der Waals surface area contributed by atoms with E-state index in [1.54, 1.807) is 0 Å². The van der Waals surface area contributed by atoms with Gasteiger partial charge in [-0.25, -0.2) is 0 Å². The molecule has 0 N–H and O–H groups in total. The van der Waals surface area contributed by atoms with E-state index in [4.69, 9.17) is 0 Å². The summed E-state index contributed by atoms with van der Waals surface area (Å²) in [7, 11) is 0. The molecule has 0 amide bonds. The molecule has 0 aromatic carbocycles. The van der Waals surface area contributed by atoms with E-state index in [-0.39, 0.29) is 6.10 Å². The average Bonchev–Trinajstić information content (AvgIpc) is 2.03. The maximum Gasteiger partial charge on any atom is 0.322 e. The fourth-order valence-electron chi connectivity index (χ4n) is 1.26. The Kier molecular flexibility index (Phi) is 3.10. The second-order valence-corrected chi connectivity index (χ2v) is 2.65. The zero-order valence-corrected chi connectivity index (χ0v) is 6.19. The van der Waals surface area contributed by atoms with Crippen LogP contribution in [-0.2, 0) is 9.88 Å². The van der Waals surface area contributed by atoms with E-state index in [1.807, 2.05) is 0 Å². The lowest BCUT2D eigenvalue weighted by Gasteiger charge is -2.18. The lowest BCUT2D eigenvalue weighted by Crippen LogP contribution is -2.18. The van der Waals surface area contributed by atoms with E-state index in [9.17, 15) is 10.1 Å². The molecule has 11 heavy (non-hydrogen) atoms. The molecule has 0 aromatic heterocycles. The van der Waals surface area contributed by atoms with Gasteiger partial charge >= 0.3 is 5.09 Å². The van der Waals surface area contributed by atoms with Crippen molar-refractivity contribution in [3.8, 4) is 0 Å². The van der Waals surface area contributed by atoms with Crippen LogP contribution in [0.3, 0.4) is 0 Å². The van der Waals surface area contributed by atoms with Gasteiger partial charge in [0.05, 0.1) is 6.10 Å². The summed E-state index contributed by atoms with van der Waals surface area (Å²) in [5, 5.41) is 8.78. The van der Waals surface area contributed by atoms with E-state index in [0.717, 1.165) is 25.7 Å². The largest absolute Gasteiger partial charge is 0.322 e. The van der Waals surface area contributed by atoms with Gasteiger partial charge in [-0.05, 0) is 12.8 Å². The highest BCUT2D eigenvalue weighted by molar-refractivity contribution is 4.62. The van der Waals surface area contributed by atoms with Crippen LogP contribution in [0, 0.1) is 10.1 Å². The van der Waals surface area contributed by atoms with Gasteiger partial charge in [-0.1, -0.05) is 19.3 Å². The Morgan fingerprint density at radius 2 is 1.91 bits per heavy atom. The summed E-state index contributed by atoms with van der Waals surface area (Å²) in [6.07, 6.45) is 5.01. The third-order valence-corrected chi connectivity index (χ3v) is 1.79. The minimum absolute atomic E-state index is 0.0749. The molecule has 0 aliphatic heterocycles. The van der Waals surface area contributed by atoms with E-state index >= 15 is 0 Å². The highest BCUT2D eigenvalue weighted by atomic mass is 17.3. The molecular formula is C6H11NO4. The van der Waals surface area contributed by atoms with Gasteiger partial charge in [-0.3, -0.25) is 0 Å². The zero-order valence-electron chi connectivity index (χ0n) is 6.19. The standard InChI is InChI=1S/C6H11NO4/c8-7(9)11-10-6-4-2-1-3-5-6/h6H,1-5H2. The summed E-state index contributed by atoms with van der Waals surface area (Å²) >= 11 is 0. The summed E-state index contributed by atoms with van der Waals surface area (Å²) in [5.41, 5.74) is 0. The molecule has 64 valence electrons. The van der Waals surface area contributed by atoms with Crippen LogP contribution in [0.25, 0.3) is 0 Å². The first-order valence-electron chi connectivity index (χ1n) is 3.77. The monoisotopic (exact) mass is 161 g/mol. The Morgan fingerprint density at radius 1 is 1.27 bits per heavy atom. The topological polar surface area (TPSA) is 61.6 Å². The van der Waals surface area contributed by atoms with Crippen molar-refractivity contribution in [1.29, 1.82) is 0 Å². The minimum atomic E-state index is -0.922. The van der Waals surface area contributed by atoms with Crippen LogP contribution < -0.4 is 0 Å². The first-order valence-corrected chi connectivity index (χ1v) is 3.77. The number of rotatable bonds is 3. The first-order chi connectivity index (χ1) is 5.29. The molecule has 1 fully saturated rings. The quantitative estimate of drug-likeness (QED) is 0.357. The Bertz CT molecular complexity index is 133. The normalized spacial score (nSPS) is 19.6. The molecule has 0 bridgehead atoms. The number of nitrogens with zero attached hydrogens (tertiary/aromatic N) is 1. The second kappa shape index (κ2) is 4.12. The minimum Gasteiger partial charge on any atom is -0.195 e. The zero-order chi connectivity index (χ0) is 8.10. The fraction of sp³-hybridized carbons (Fsp3) is 1.00. The average molecular weight is 161 g/mol. The number of hydrogen-bond acceptors (Lipinski definition) is 4. The Hall–Kier alpha value is -0.840. The van der Waals surface area contributed by atoms with Crippen LogP contribution in [-0.4, -0.2) is 11.2 Å². The SMILES string of the molecule is O=[N+]([O-])OOC1CCCCC1. The molecule has 5 nitrogen and oxygen atoms in total. The van der Waals surface area contributed by atoms with Crippen molar-refractivity contribution in [2.24, 2.45) is 0 Å². The van der Waals surface area contributed by atoms with Crippen LogP contribution in [0.1, 0.15) is 32.1 Å². The number of hydrogen-bond donors (Lipinski definition) is 0. The van der Waals surface area contributed by atoms with Gasteiger partial charge in [0.2, 0.25) is 0 Å².